The van der Waals surface area contributed by atoms with Crippen LogP contribution in [0.15, 0.2) is 30.3 Å². The topological polar surface area (TPSA) is 29.5 Å². The van der Waals surface area contributed by atoms with Gasteiger partial charge in [-0.15, -0.1) is 0 Å². The fourth-order valence-electron chi connectivity index (χ4n) is 2.09. The molecule has 1 fully saturated rings. The van der Waals surface area contributed by atoms with E-state index in [1.165, 1.54) is 5.56 Å². The molecular formula is C13H18O2. The maximum atomic E-state index is 10.0. The normalized spacial score (nSPS) is 23.7. The molecule has 15 heavy (non-hydrogen) atoms. The Morgan fingerprint density at radius 3 is 2.80 bits per heavy atom. The number of hydrogen-bond donors (Lipinski definition) is 1. The molecule has 2 unspecified atom stereocenters. The molecule has 0 radical (unpaired) electrons. The van der Waals surface area contributed by atoms with Crippen molar-refractivity contribution in [2.45, 2.75) is 25.4 Å². The van der Waals surface area contributed by atoms with Crippen molar-refractivity contribution < 1.29 is 9.84 Å². The number of hydrogen-bond acceptors (Lipinski definition) is 2. The van der Waals surface area contributed by atoms with Gasteiger partial charge in [0.25, 0.3) is 0 Å². The summed E-state index contributed by atoms with van der Waals surface area (Å²) in [7, 11) is 0. The maximum Gasteiger partial charge on any atom is 0.0630 e. The van der Waals surface area contributed by atoms with E-state index in [4.69, 9.17) is 4.74 Å². The van der Waals surface area contributed by atoms with Crippen molar-refractivity contribution in [2.24, 2.45) is 5.92 Å². The van der Waals surface area contributed by atoms with Crippen molar-refractivity contribution in [3.63, 3.8) is 0 Å². The van der Waals surface area contributed by atoms with Crippen molar-refractivity contribution in [3.05, 3.63) is 35.9 Å². The first-order valence-electron chi connectivity index (χ1n) is 5.66. The van der Waals surface area contributed by atoms with Gasteiger partial charge in [0.2, 0.25) is 0 Å². The minimum atomic E-state index is -0.257. The Morgan fingerprint density at radius 1 is 1.33 bits per heavy atom. The molecule has 1 aliphatic heterocycles. The van der Waals surface area contributed by atoms with Gasteiger partial charge in [-0.3, -0.25) is 0 Å². The first kappa shape index (κ1) is 10.7. The Morgan fingerprint density at radius 2 is 2.13 bits per heavy atom. The second kappa shape index (κ2) is 5.29. The molecule has 1 saturated heterocycles. The fraction of sp³-hybridized carbons (Fsp3) is 0.538. The summed E-state index contributed by atoms with van der Waals surface area (Å²) in [5.74, 6) is 0.318. The van der Waals surface area contributed by atoms with Crippen LogP contribution < -0.4 is 0 Å². The third-order valence-corrected chi connectivity index (χ3v) is 3.03. The Kier molecular flexibility index (Phi) is 3.75. The largest absolute Gasteiger partial charge is 0.392 e. The Bertz CT molecular complexity index is 278. The van der Waals surface area contributed by atoms with Crippen molar-refractivity contribution in [3.8, 4) is 0 Å². The van der Waals surface area contributed by atoms with E-state index in [0.29, 0.717) is 12.5 Å². The molecule has 0 aliphatic carbocycles. The standard InChI is InChI=1S/C13H18O2/c14-13(12-7-4-8-15-10-12)9-11-5-2-1-3-6-11/h1-3,5-6,12-14H,4,7-10H2. The predicted octanol–water partition coefficient (Wildman–Crippen LogP) is 2.02. The van der Waals surface area contributed by atoms with Gasteiger partial charge in [0.1, 0.15) is 0 Å². The summed E-state index contributed by atoms with van der Waals surface area (Å²) in [6, 6.07) is 10.2. The summed E-state index contributed by atoms with van der Waals surface area (Å²) >= 11 is 0. The summed E-state index contributed by atoms with van der Waals surface area (Å²) in [5, 5.41) is 10.0. The number of rotatable bonds is 3. The molecule has 1 aromatic rings. The molecule has 2 atom stereocenters. The van der Waals surface area contributed by atoms with Crippen molar-refractivity contribution in [1.82, 2.24) is 0 Å². The van der Waals surface area contributed by atoms with Gasteiger partial charge in [-0.2, -0.15) is 0 Å². The smallest absolute Gasteiger partial charge is 0.0630 e. The fourth-order valence-corrected chi connectivity index (χ4v) is 2.09. The molecule has 2 nitrogen and oxygen atoms in total. The molecule has 0 saturated carbocycles. The first-order chi connectivity index (χ1) is 7.36. The van der Waals surface area contributed by atoms with E-state index < -0.39 is 0 Å². The van der Waals surface area contributed by atoms with Gasteiger partial charge < -0.3 is 9.84 Å². The molecule has 82 valence electrons. The van der Waals surface area contributed by atoms with Gasteiger partial charge in [-0.05, 0) is 24.8 Å². The minimum Gasteiger partial charge on any atom is -0.392 e. The molecule has 2 rings (SSSR count). The van der Waals surface area contributed by atoms with Gasteiger partial charge in [0.05, 0.1) is 12.7 Å². The van der Waals surface area contributed by atoms with Crippen LogP contribution in [-0.2, 0) is 11.2 Å². The van der Waals surface area contributed by atoms with Crippen LogP contribution in [-0.4, -0.2) is 24.4 Å². The Labute approximate surface area is 90.9 Å². The van der Waals surface area contributed by atoms with E-state index in [0.717, 1.165) is 25.9 Å². The highest BCUT2D eigenvalue weighted by atomic mass is 16.5. The third kappa shape index (κ3) is 3.05. The second-order valence-corrected chi connectivity index (χ2v) is 4.23. The average Bonchev–Trinajstić information content (AvgIpc) is 2.31. The first-order valence-corrected chi connectivity index (χ1v) is 5.66. The van der Waals surface area contributed by atoms with Crippen LogP contribution in [0.25, 0.3) is 0 Å². The quantitative estimate of drug-likeness (QED) is 0.819. The molecule has 2 heteroatoms. The van der Waals surface area contributed by atoms with Gasteiger partial charge in [-0.25, -0.2) is 0 Å². The number of aliphatic hydroxyl groups is 1. The molecule has 0 bridgehead atoms. The van der Waals surface area contributed by atoms with Crippen molar-refractivity contribution in [1.29, 1.82) is 0 Å². The Balaban J connectivity index is 1.88. The van der Waals surface area contributed by atoms with E-state index in [1.54, 1.807) is 0 Å². The van der Waals surface area contributed by atoms with E-state index in [-0.39, 0.29) is 6.10 Å². The number of ether oxygens (including phenoxy) is 1. The zero-order chi connectivity index (χ0) is 10.5. The Hall–Kier alpha value is -0.860. The third-order valence-electron chi connectivity index (χ3n) is 3.03. The highest BCUT2D eigenvalue weighted by Crippen LogP contribution is 2.20. The molecule has 0 aromatic heterocycles. The highest BCUT2D eigenvalue weighted by Gasteiger charge is 2.22. The zero-order valence-electron chi connectivity index (χ0n) is 8.93. The minimum absolute atomic E-state index is 0.257. The van der Waals surface area contributed by atoms with Gasteiger partial charge in [-0.1, -0.05) is 30.3 Å². The van der Waals surface area contributed by atoms with Crippen LogP contribution >= 0.6 is 0 Å². The van der Waals surface area contributed by atoms with E-state index in [2.05, 4.69) is 12.1 Å². The zero-order valence-corrected chi connectivity index (χ0v) is 8.93. The van der Waals surface area contributed by atoms with Crippen LogP contribution in [0.1, 0.15) is 18.4 Å². The van der Waals surface area contributed by atoms with Crippen LogP contribution in [0.4, 0.5) is 0 Å². The molecule has 1 aliphatic rings. The number of benzene rings is 1. The van der Waals surface area contributed by atoms with E-state index in [9.17, 15) is 5.11 Å². The van der Waals surface area contributed by atoms with Gasteiger partial charge in [0, 0.05) is 12.5 Å². The monoisotopic (exact) mass is 206 g/mol. The molecule has 1 heterocycles. The molecule has 0 amide bonds. The van der Waals surface area contributed by atoms with Crippen molar-refractivity contribution >= 4 is 0 Å². The van der Waals surface area contributed by atoms with E-state index >= 15 is 0 Å². The summed E-state index contributed by atoms with van der Waals surface area (Å²) in [6.45, 7) is 1.57. The maximum absolute atomic E-state index is 10.0. The van der Waals surface area contributed by atoms with Crippen LogP contribution in [0, 0.1) is 5.92 Å². The molecular weight excluding hydrogens is 188 g/mol. The second-order valence-electron chi connectivity index (χ2n) is 4.23. The van der Waals surface area contributed by atoms with Crippen molar-refractivity contribution in [2.75, 3.05) is 13.2 Å². The van der Waals surface area contributed by atoms with Crippen LogP contribution in [0.3, 0.4) is 0 Å². The SMILES string of the molecule is OC(Cc1ccccc1)C1CCCOC1. The molecule has 0 spiro atoms. The van der Waals surface area contributed by atoms with Gasteiger partial charge >= 0.3 is 0 Å². The lowest BCUT2D eigenvalue weighted by Gasteiger charge is -2.26. The number of aliphatic hydroxyl groups excluding tert-OH is 1. The lowest BCUT2D eigenvalue weighted by molar-refractivity contribution is -0.00847. The lowest BCUT2D eigenvalue weighted by atomic mass is 9.92. The van der Waals surface area contributed by atoms with Gasteiger partial charge in [0.15, 0.2) is 0 Å². The average molecular weight is 206 g/mol. The highest BCUT2D eigenvalue weighted by molar-refractivity contribution is 5.15. The summed E-state index contributed by atoms with van der Waals surface area (Å²) in [4.78, 5) is 0. The van der Waals surface area contributed by atoms with Crippen LogP contribution in [0.2, 0.25) is 0 Å². The summed E-state index contributed by atoms with van der Waals surface area (Å²) in [5.41, 5.74) is 1.20. The summed E-state index contributed by atoms with van der Waals surface area (Å²) in [6.07, 6.45) is 2.66. The predicted molar refractivity (Wildman–Crippen MR) is 59.7 cm³/mol. The molecule has 1 aromatic carbocycles. The molecule has 1 N–H and O–H groups in total. The van der Waals surface area contributed by atoms with Crippen LogP contribution in [0.5, 0.6) is 0 Å². The van der Waals surface area contributed by atoms with E-state index in [1.807, 2.05) is 18.2 Å². The summed E-state index contributed by atoms with van der Waals surface area (Å²) < 4.78 is 5.38. The lowest BCUT2D eigenvalue weighted by Crippen LogP contribution is -2.30.